The first kappa shape index (κ1) is 10.7. The lowest BCUT2D eigenvalue weighted by molar-refractivity contribution is 0.0696. The molecule has 1 N–H and O–H groups in total. The minimum absolute atomic E-state index is 0.243. The van der Waals surface area contributed by atoms with Crippen LogP contribution in [0.15, 0.2) is 22.7 Å². The Morgan fingerprint density at radius 3 is 2.79 bits per heavy atom. The second-order valence-electron chi connectivity index (χ2n) is 2.81. The number of aryl methyl sites for hydroxylation is 1. The molecule has 3 nitrogen and oxygen atoms in total. The van der Waals surface area contributed by atoms with Crippen LogP contribution in [0.2, 0.25) is 0 Å². The number of benzene rings is 1. The van der Waals surface area contributed by atoms with Gasteiger partial charge in [0.05, 0.1) is 11.6 Å². The summed E-state index contributed by atoms with van der Waals surface area (Å²) in [6.45, 7) is 0. The first-order valence-corrected chi connectivity index (χ1v) is 4.82. The number of nitrogens with zero attached hydrogens (tertiary/aromatic N) is 1. The van der Waals surface area contributed by atoms with Crippen LogP contribution in [-0.2, 0) is 6.42 Å². The SMILES string of the molecule is N#CCCc1cc(Br)cc(C(=O)O)c1. The number of aromatic carboxylic acids is 1. The predicted molar refractivity (Wildman–Crippen MR) is 55.0 cm³/mol. The molecule has 0 aliphatic heterocycles. The molecule has 72 valence electrons. The van der Waals surface area contributed by atoms with Gasteiger partial charge in [0.2, 0.25) is 0 Å². The van der Waals surface area contributed by atoms with Crippen molar-refractivity contribution in [1.29, 1.82) is 5.26 Å². The topological polar surface area (TPSA) is 61.1 Å². The van der Waals surface area contributed by atoms with Crippen molar-refractivity contribution in [2.45, 2.75) is 12.8 Å². The summed E-state index contributed by atoms with van der Waals surface area (Å²) >= 11 is 3.23. The molecule has 0 atom stereocenters. The lowest BCUT2D eigenvalue weighted by Gasteiger charge is -2.01. The summed E-state index contributed by atoms with van der Waals surface area (Å²) in [6, 6.07) is 6.97. The molecule has 0 amide bonds. The van der Waals surface area contributed by atoms with Crippen LogP contribution in [0.25, 0.3) is 0 Å². The number of carboxylic acids is 1. The number of hydrogen-bond acceptors (Lipinski definition) is 2. The molecule has 1 aromatic carbocycles. The summed E-state index contributed by atoms with van der Waals surface area (Å²) in [4.78, 5) is 10.7. The van der Waals surface area contributed by atoms with Gasteiger partial charge in [-0.3, -0.25) is 0 Å². The number of carbonyl (C=O) groups is 1. The van der Waals surface area contributed by atoms with Gasteiger partial charge in [0, 0.05) is 10.9 Å². The molecular formula is C10H8BrNO2. The number of hydrogen-bond donors (Lipinski definition) is 1. The van der Waals surface area contributed by atoms with E-state index < -0.39 is 5.97 Å². The van der Waals surface area contributed by atoms with E-state index in [4.69, 9.17) is 10.4 Å². The van der Waals surface area contributed by atoms with Gasteiger partial charge < -0.3 is 5.11 Å². The van der Waals surface area contributed by atoms with Crippen LogP contribution >= 0.6 is 15.9 Å². The highest BCUT2D eigenvalue weighted by Gasteiger charge is 2.05. The van der Waals surface area contributed by atoms with E-state index in [1.165, 1.54) is 6.07 Å². The molecule has 14 heavy (non-hydrogen) atoms. The van der Waals surface area contributed by atoms with E-state index >= 15 is 0 Å². The molecule has 0 unspecified atom stereocenters. The van der Waals surface area contributed by atoms with E-state index in [1.54, 1.807) is 6.07 Å². The second-order valence-corrected chi connectivity index (χ2v) is 3.73. The second kappa shape index (κ2) is 4.77. The Morgan fingerprint density at radius 2 is 2.21 bits per heavy atom. The van der Waals surface area contributed by atoms with Gasteiger partial charge in [-0.2, -0.15) is 5.26 Å². The van der Waals surface area contributed by atoms with Gasteiger partial charge in [-0.05, 0) is 30.2 Å². The summed E-state index contributed by atoms with van der Waals surface area (Å²) in [5.74, 6) is -0.954. The fourth-order valence-corrected chi connectivity index (χ4v) is 1.66. The van der Waals surface area contributed by atoms with Gasteiger partial charge in [-0.1, -0.05) is 15.9 Å². The standard InChI is InChI=1S/C10H8BrNO2/c11-9-5-7(2-1-3-12)4-8(6-9)10(13)14/h4-6H,1-2H2,(H,13,14). The monoisotopic (exact) mass is 253 g/mol. The minimum Gasteiger partial charge on any atom is -0.478 e. The Hall–Kier alpha value is -1.34. The third kappa shape index (κ3) is 2.86. The first-order chi connectivity index (χ1) is 6.63. The quantitative estimate of drug-likeness (QED) is 0.901. The van der Waals surface area contributed by atoms with Crippen LogP contribution in [0.3, 0.4) is 0 Å². The molecule has 1 rings (SSSR count). The van der Waals surface area contributed by atoms with Gasteiger partial charge in [-0.15, -0.1) is 0 Å². The third-order valence-corrected chi connectivity index (χ3v) is 2.19. The maximum absolute atomic E-state index is 10.7. The largest absolute Gasteiger partial charge is 0.478 e. The summed E-state index contributed by atoms with van der Waals surface area (Å²) in [6.07, 6.45) is 0.978. The van der Waals surface area contributed by atoms with E-state index in [0.29, 0.717) is 12.8 Å². The molecular weight excluding hydrogens is 246 g/mol. The molecule has 0 aliphatic rings. The minimum atomic E-state index is -0.954. The lowest BCUT2D eigenvalue weighted by atomic mass is 10.1. The molecule has 1 aromatic rings. The predicted octanol–water partition coefficient (Wildman–Crippen LogP) is 2.60. The van der Waals surface area contributed by atoms with Gasteiger partial charge >= 0.3 is 5.97 Å². The fraction of sp³-hybridized carbons (Fsp3) is 0.200. The van der Waals surface area contributed by atoms with Crippen LogP contribution in [-0.4, -0.2) is 11.1 Å². The zero-order valence-corrected chi connectivity index (χ0v) is 8.91. The van der Waals surface area contributed by atoms with Crippen LogP contribution < -0.4 is 0 Å². The number of halogens is 1. The number of rotatable bonds is 3. The van der Waals surface area contributed by atoms with Crippen molar-refractivity contribution < 1.29 is 9.90 Å². The van der Waals surface area contributed by atoms with Crippen molar-refractivity contribution in [3.8, 4) is 6.07 Å². The summed E-state index contributed by atoms with van der Waals surface area (Å²) in [5.41, 5.74) is 1.10. The zero-order valence-electron chi connectivity index (χ0n) is 7.33. The Bertz CT molecular complexity index is 396. The van der Waals surface area contributed by atoms with Gasteiger partial charge in [0.15, 0.2) is 0 Å². The van der Waals surface area contributed by atoms with Crippen LogP contribution in [0, 0.1) is 11.3 Å². The van der Waals surface area contributed by atoms with Gasteiger partial charge in [-0.25, -0.2) is 4.79 Å². The summed E-state index contributed by atoms with van der Waals surface area (Å²) < 4.78 is 0.727. The third-order valence-electron chi connectivity index (χ3n) is 1.73. The Balaban J connectivity index is 2.96. The van der Waals surface area contributed by atoms with Gasteiger partial charge in [0.1, 0.15) is 0 Å². The van der Waals surface area contributed by atoms with E-state index in [0.717, 1.165) is 10.0 Å². The highest BCUT2D eigenvalue weighted by atomic mass is 79.9. The molecule has 0 aliphatic carbocycles. The zero-order chi connectivity index (χ0) is 10.6. The molecule has 0 aromatic heterocycles. The Morgan fingerprint density at radius 1 is 1.50 bits per heavy atom. The summed E-state index contributed by atoms with van der Waals surface area (Å²) in [5, 5.41) is 17.2. The Kier molecular flexibility index (Phi) is 3.66. The molecule has 0 fully saturated rings. The summed E-state index contributed by atoms with van der Waals surface area (Å²) in [7, 11) is 0. The van der Waals surface area contributed by atoms with Gasteiger partial charge in [0.25, 0.3) is 0 Å². The normalized spacial score (nSPS) is 9.43. The maximum atomic E-state index is 10.7. The average molecular weight is 254 g/mol. The van der Waals surface area contributed by atoms with Crippen LogP contribution in [0.1, 0.15) is 22.3 Å². The average Bonchev–Trinajstić information content (AvgIpc) is 2.14. The van der Waals surface area contributed by atoms with E-state index in [1.807, 2.05) is 12.1 Å². The highest BCUT2D eigenvalue weighted by molar-refractivity contribution is 9.10. The number of carboxylic acid groups (broad SMARTS) is 1. The van der Waals surface area contributed by atoms with Crippen molar-refractivity contribution in [2.24, 2.45) is 0 Å². The number of nitriles is 1. The first-order valence-electron chi connectivity index (χ1n) is 4.03. The van der Waals surface area contributed by atoms with Crippen molar-refractivity contribution >= 4 is 21.9 Å². The molecule has 0 spiro atoms. The highest BCUT2D eigenvalue weighted by Crippen LogP contribution is 2.17. The van der Waals surface area contributed by atoms with Crippen molar-refractivity contribution in [3.05, 3.63) is 33.8 Å². The van der Waals surface area contributed by atoms with Crippen molar-refractivity contribution in [2.75, 3.05) is 0 Å². The maximum Gasteiger partial charge on any atom is 0.335 e. The fourth-order valence-electron chi connectivity index (χ4n) is 1.12. The molecule has 4 heteroatoms. The van der Waals surface area contributed by atoms with Crippen molar-refractivity contribution in [3.63, 3.8) is 0 Å². The molecule has 0 bridgehead atoms. The van der Waals surface area contributed by atoms with E-state index in [9.17, 15) is 4.79 Å². The molecule has 0 saturated heterocycles. The Labute approximate surface area is 90.1 Å². The molecule has 0 saturated carbocycles. The van der Waals surface area contributed by atoms with Crippen LogP contribution in [0.5, 0.6) is 0 Å². The van der Waals surface area contributed by atoms with E-state index in [2.05, 4.69) is 15.9 Å². The van der Waals surface area contributed by atoms with Crippen LogP contribution in [0.4, 0.5) is 0 Å². The molecule has 0 heterocycles. The van der Waals surface area contributed by atoms with Crippen molar-refractivity contribution in [1.82, 2.24) is 0 Å². The smallest absolute Gasteiger partial charge is 0.335 e. The lowest BCUT2D eigenvalue weighted by Crippen LogP contribution is -1.97. The van der Waals surface area contributed by atoms with E-state index in [-0.39, 0.29) is 5.56 Å². The molecule has 0 radical (unpaired) electrons.